The van der Waals surface area contributed by atoms with Gasteiger partial charge in [0, 0.05) is 25.3 Å². The largest absolute Gasteiger partial charge is 0.378 e. The Balaban J connectivity index is 1.58. The summed E-state index contributed by atoms with van der Waals surface area (Å²) in [6, 6.07) is 8.08. The van der Waals surface area contributed by atoms with Gasteiger partial charge in [-0.25, -0.2) is 0 Å². The van der Waals surface area contributed by atoms with E-state index in [1.807, 2.05) is 41.3 Å². The first-order valence-electron chi connectivity index (χ1n) is 10.1. The number of hydrogen-bond acceptors (Lipinski definition) is 4. The van der Waals surface area contributed by atoms with Gasteiger partial charge in [0.1, 0.15) is 6.29 Å². The van der Waals surface area contributed by atoms with E-state index in [-0.39, 0.29) is 5.91 Å². The summed E-state index contributed by atoms with van der Waals surface area (Å²) >= 11 is 0. The minimum absolute atomic E-state index is 0.0743. The zero-order chi connectivity index (χ0) is 20.5. The van der Waals surface area contributed by atoms with Gasteiger partial charge in [-0.2, -0.15) is 0 Å². The summed E-state index contributed by atoms with van der Waals surface area (Å²) in [7, 11) is 0. The molecule has 2 aliphatic heterocycles. The van der Waals surface area contributed by atoms with Gasteiger partial charge < -0.3 is 14.5 Å². The first-order chi connectivity index (χ1) is 14.2. The van der Waals surface area contributed by atoms with E-state index >= 15 is 0 Å². The van der Waals surface area contributed by atoms with Crippen LogP contribution in [-0.4, -0.2) is 49.9 Å². The van der Waals surface area contributed by atoms with Crippen LogP contribution in [0.4, 0.5) is 5.69 Å². The van der Waals surface area contributed by atoms with Crippen LogP contribution in [0.15, 0.2) is 65.9 Å². The van der Waals surface area contributed by atoms with Gasteiger partial charge in [0.15, 0.2) is 0 Å². The topological polar surface area (TPSA) is 49.9 Å². The third-order valence-electron chi connectivity index (χ3n) is 4.97. The maximum Gasteiger partial charge on any atom is 0.274 e. The number of aldehydes is 1. The normalized spacial score (nSPS) is 18.6. The van der Waals surface area contributed by atoms with E-state index in [9.17, 15) is 9.59 Å². The second-order valence-corrected chi connectivity index (χ2v) is 7.12. The molecular formula is C24H28N2O3. The van der Waals surface area contributed by atoms with Crippen LogP contribution in [0.5, 0.6) is 0 Å². The first kappa shape index (κ1) is 20.8. The highest BCUT2D eigenvalue weighted by molar-refractivity contribution is 6.06. The number of morpholine rings is 1. The highest BCUT2D eigenvalue weighted by Gasteiger charge is 2.28. The summed E-state index contributed by atoms with van der Waals surface area (Å²) in [5, 5.41) is 0. The monoisotopic (exact) mass is 392 g/mol. The molecule has 29 heavy (non-hydrogen) atoms. The molecule has 1 aromatic rings. The van der Waals surface area contributed by atoms with Crippen molar-refractivity contribution >= 4 is 24.0 Å². The summed E-state index contributed by atoms with van der Waals surface area (Å²) in [5.41, 5.74) is 3.53. The molecule has 5 nitrogen and oxygen atoms in total. The maximum absolute atomic E-state index is 13.0. The van der Waals surface area contributed by atoms with Gasteiger partial charge in [0.25, 0.3) is 5.91 Å². The Hall–Kier alpha value is -2.92. The molecule has 1 saturated heterocycles. The lowest BCUT2D eigenvalue weighted by Crippen LogP contribution is -2.45. The second-order valence-electron chi connectivity index (χ2n) is 7.12. The molecule has 0 spiro atoms. The number of hydrogen-bond donors (Lipinski definition) is 0. The molecule has 0 N–H and O–H groups in total. The molecule has 0 atom stereocenters. The standard InChI is InChI=1S/C24H28N2O3/c1-20(19-27)7-4-2-3-5-8-21-10-12-22(13-11-21)26-14-6-9-23(24(26)28)25-15-17-29-18-16-25/h2,4-5,7-13,19H,3,6,14-18H2,1H3/b4-2?,8-5+,20-7+. The molecule has 2 heterocycles. The fraction of sp³-hybridized carbons (Fsp3) is 0.333. The van der Waals surface area contributed by atoms with Gasteiger partial charge in [-0.05, 0) is 43.0 Å². The Morgan fingerprint density at radius 3 is 2.59 bits per heavy atom. The van der Waals surface area contributed by atoms with E-state index < -0.39 is 0 Å². The second kappa shape index (κ2) is 10.6. The smallest absolute Gasteiger partial charge is 0.274 e. The summed E-state index contributed by atoms with van der Waals surface area (Å²) in [4.78, 5) is 27.5. The third kappa shape index (κ3) is 5.78. The molecule has 1 amide bonds. The Labute approximate surface area is 172 Å². The number of ether oxygens (including phenoxy) is 1. The number of carbonyl (C=O) groups is 2. The molecule has 152 valence electrons. The van der Waals surface area contributed by atoms with Crippen molar-refractivity contribution in [3.05, 3.63) is 71.5 Å². The molecule has 0 unspecified atom stereocenters. The molecule has 0 bridgehead atoms. The van der Waals surface area contributed by atoms with E-state index in [1.54, 1.807) is 13.0 Å². The zero-order valence-electron chi connectivity index (χ0n) is 16.9. The van der Waals surface area contributed by atoms with Crippen molar-refractivity contribution in [2.45, 2.75) is 19.8 Å². The molecular weight excluding hydrogens is 364 g/mol. The summed E-state index contributed by atoms with van der Waals surface area (Å²) in [6.07, 6.45) is 14.4. The van der Waals surface area contributed by atoms with Gasteiger partial charge in [-0.15, -0.1) is 0 Å². The third-order valence-corrected chi connectivity index (χ3v) is 4.97. The van der Waals surface area contributed by atoms with E-state index in [2.05, 4.69) is 23.1 Å². The predicted molar refractivity (Wildman–Crippen MR) is 116 cm³/mol. The number of anilines is 1. The molecule has 2 aliphatic rings. The van der Waals surface area contributed by atoms with E-state index in [4.69, 9.17) is 4.74 Å². The summed E-state index contributed by atoms with van der Waals surface area (Å²) in [5.74, 6) is 0.0743. The number of carbonyl (C=O) groups excluding carboxylic acids is 2. The van der Waals surface area contributed by atoms with Gasteiger partial charge in [-0.1, -0.05) is 48.6 Å². The zero-order valence-corrected chi connectivity index (χ0v) is 16.9. The van der Waals surface area contributed by atoms with Gasteiger partial charge in [0.2, 0.25) is 0 Å². The van der Waals surface area contributed by atoms with Crippen molar-refractivity contribution in [2.75, 3.05) is 37.7 Å². The Kier molecular flexibility index (Phi) is 7.59. The van der Waals surface area contributed by atoms with Crippen molar-refractivity contribution < 1.29 is 14.3 Å². The van der Waals surface area contributed by atoms with Gasteiger partial charge >= 0.3 is 0 Å². The molecule has 5 heteroatoms. The van der Waals surface area contributed by atoms with Crippen molar-refractivity contribution in [3.8, 4) is 0 Å². The van der Waals surface area contributed by atoms with Gasteiger partial charge in [0.05, 0.1) is 18.9 Å². The van der Waals surface area contributed by atoms with Crippen LogP contribution in [0.2, 0.25) is 0 Å². The average molecular weight is 392 g/mol. The number of amides is 1. The number of benzene rings is 1. The number of nitrogens with zero attached hydrogens (tertiary/aromatic N) is 2. The highest BCUT2D eigenvalue weighted by Crippen LogP contribution is 2.24. The van der Waals surface area contributed by atoms with E-state index in [0.717, 1.165) is 49.2 Å². The maximum atomic E-state index is 13.0. The Morgan fingerprint density at radius 1 is 1.10 bits per heavy atom. The van der Waals surface area contributed by atoms with Crippen LogP contribution in [0.3, 0.4) is 0 Å². The quantitative estimate of drug-likeness (QED) is 0.403. The minimum Gasteiger partial charge on any atom is -0.378 e. The first-order valence-corrected chi connectivity index (χ1v) is 10.1. The van der Waals surface area contributed by atoms with Crippen molar-refractivity contribution in [3.63, 3.8) is 0 Å². The van der Waals surface area contributed by atoms with Crippen molar-refractivity contribution in [2.24, 2.45) is 0 Å². The summed E-state index contributed by atoms with van der Waals surface area (Å²) < 4.78 is 5.40. The number of allylic oxidation sites excluding steroid dienone is 5. The fourth-order valence-electron chi connectivity index (χ4n) is 3.36. The van der Waals surface area contributed by atoms with E-state index in [0.29, 0.717) is 25.3 Å². The van der Waals surface area contributed by atoms with Gasteiger partial charge in [-0.3, -0.25) is 9.59 Å². The lowest BCUT2D eigenvalue weighted by molar-refractivity contribution is -0.117. The molecule has 1 fully saturated rings. The number of rotatable bonds is 7. The fourth-order valence-corrected chi connectivity index (χ4v) is 3.36. The predicted octanol–water partition coefficient (Wildman–Crippen LogP) is 3.74. The molecule has 1 aromatic carbocycles. The van der Waals surface area contributed by atoms with Crippen LogP contribution in [0.25, 0.3) is 6.08 Å². The lowest BCUT2D eigenvalue weighted by atomic mass is 10.1. The molecule has 0 saturated carbocycles. The van der Waals surface area contributed by atoms with E-state index in [1.165, 1.54) is 0 Å². The van der Waals surface area contributed by atoms with Crippen LogP contribution in [0.1, 0.15) is 25.3 Å². The van der Waals surface area contributed by atoms with Crippen molar-refractivity contribution in [1.82, 2.24) is 4.90 Å². The lowest BCUT2D eigenvalue weighted by Gasteiger charge is -2.35. The van der Waals surface area contributed by atoms with Crippen molar-refractivity contribution in [1.29, 1.82) is 0 Å². The molecule has 3 rings (SSSR count). The van der Waals surface area contributed by atoms with Crippen LogP contribution >= 0.6 is 0 Å². The Bertz CT molecular complexity index is 828. The molecule has 0 aliphatic carbocycles. The summed E-state index contributed by atoms with van der Waals surface area (Å²) in [6.45, 7) is 5.38. The SMILES string of the molecule is C/C(C=O)=C\C=CC/C=C/c1ccc(N2CCC=C(N3CCOCC3)C2=O)cc1. The highest BCUT2D eigenvalue weighted by atomic mass is 16.5. The minimum atomic E-state index is 0.0743. The average Bonchev–Trinajstić information content (AvgIpc) is 2.77. The molecule has 0 aromatic heterocycles. The Morgan fingerprint density at radius 2 is 1.86 bits per heavy atom. The molecule has 0 radical (unpaired) electrons. The van der Waals surface area contributed by atoms with Crippen LogP contribution in [0, 0.1) is 0 Å². The van der Waals surface area contributed by atoms with Crippen LogP contribution < -0.4 is 4.90 Å². The van der Waals surface area contributed by atoms with Crippen LogP contribution in [-0.2, 0) is 14.3 Å².